The van der Waals surface area contributed by atoms with Gasteiger partial charge in [0.1, 0.15) is 12.6 Å². The number of nitrogens with zero attached hydrogens (tertiary/aromatic N) is 2. The van der Waals surface area contributed by atoms with Gasteiger partial charge in [-0.3, -0.25) is 13.9 Å². The van der Waals surface area contributed by atoms with Crippen LogP contribution in [0.1, 0.15) is 56.4 Å². The van der Waals surface area contributed by atoms with Gasteiger partial charge in [0.2, 0.25) is 11.8 Å². The lowest BCUT2D eigenvalue weighted by molar-refractivity contribution is -0.141. The number of carbonyl (C=O) groups is 2. The van der Waals surface area contributed by atoms with Crippen LogP contribution in [0.2, 0.25) is 0 Å². The minimum absolute atomic E-state index is 0.0649. The van der Waals surface area contributed by atoms with Crippen molar-refractivity contribution >= 4 is 27.5 Å². The van der Waals surface area contributed by atoms with E-state index in [9.17, 15) is 18.0 Å². The Morgan fingerprint density at radius 1 is 0.864 bits per heavy atom. The van der Waals surface area contributed by atoms with E-state index < -0.39 is 34.1 Å². The summed E-state index contributed by atoms with van der Waals surface area (Å²) < 4.78 is 40.4. The molecule has 0 heterocycles. The average molecular weight is 624 g/mol. The molecule has 0 aliphatic rings. The molecular formula is C34H45N3O6S. The van der Waals surface area contributed by atoms with Gasteiger partial charge >= 0.3 is 0 Å². The molecule has 1 N–H and O–H groups in total. The molecule has 44 heavy (non-hydrogen) atoms. The highest BCUT2D eigenvalue weighted by molar-refractivity contribution is 7.92. The van der Waals surface area contributed by atoms with Crippen molar-refractivity contribution in [3.8, 4) is 11.5 Å². The second kappa shape index (κ2) is 14.2. The summed E-state index contributed by atoms with van der Waals surface area (Å²) in [6, 6.07) is 16.6. The zero-order chi connectivity index (χ0) is 32.8. The Kier molecular flexibility index (Phi) is 11.1. The number of carbonyl (C=O) groups excluding carboxylic acids is 2. The van der Waals surface area contributed by atoms with Crippen molar-refractivity contribution in [3.63, 3.8) is 0 Å². The van der Waals surface area contributed by atoms with Crippen molar-refractivity contribution in [2.24, 2.45) is 0 Å². The molecule has 10 heteroatoms. The van der Waals surface area contributed by atoms with Gasteiger partial charge < -0.3 is 19.7 Å². The molecule has 0 aliphatic carbocycles. The van der Waals surface area contributed by atoms with Crippen LogP contribution in [0.4, 0.5) is 5.69 Å². The molecule has 3 aromatic rings. The van der Waals surface area contributed by atoms with Gasteiger partial charge in [0, 0.05) is 18.2 Å². The first-order valence-electron chi connectivity index (χ1n) is 14.6. The van der Waals surface area contributed by atoms with Crippen molar-refractivity contribution in [2.75, 3.05) is 25.1 Å². The smallest absolute Gasteiger partial charge is 0.264 e. The van der Waals surface area contributed by atoms with Gasteiger partial charge in [-0.05, 0) is 88.9 Å². The Morgan fingerprint density at radius 3 is 2.05 bits per heavy atom. The molecule has 0 radical (unpaired) electrons. The second-order valence-electron chi connectivity index (χ2n) is 12.0. The maximum atomic E-state index is 14.4. The maximum absolute atomic E-state index is 14.4. The zero-order valence-electron chi connectivity index (χ0n) is 27.2. The largest absolute Gasteiger partial charge is 0.493 e. The number of nitrogens with one attached hydrogen (secondary N) is 1. The summed E-state index contributed by atoms with van der Waals surface area (Å²) in [5, 5.41) is 2.99. The molecule has 0 aromatic heterocycles. The molecule has 1 atom stereocenters. The summed E-state index contributed by atoms with van der Waals surface area (Å²) in [6.45, 7) is 12.8. The Bertz CT molecular complexity index is 1580. The number of sulfonamides is 1. The first-order valence-corrected chi connectivity index (χ1v) is 16.0. The Labute approximate surface area is 262 Å². The molecule has 3 rings (SSSR count). The minimum Gasteiger partial charge on any atom is -0.493 e. The van der Waals surface area contributed by atoms with Gasteiger partial charge in [0.05, 0.1) is 24.8 Å². The summed E-state index contributed by atoms with van der Waals surface area (Å²) in [4.78, 5) is 29.3. The van der Waals surface area contributed by atoms with Crippen molar-refractivity contribution in [1.82, 2.24) is 10.2 Å². The third-order valence-corrected chi connectivity index (χ3v) is 8.81. The highest BCUT2D eigenvalue weighted by Crippen LogP contribution is 2.33. The van der Waals surface area contributed by atoms with Gasteiger partial charge in [-0.2, -0.15) is 0 Å². The Morgan fingerprint density at radius 2 is 1.50 bits per heavy atom. The number of amides is 2. The quantitative estimate of drug-likeness (QED) is 0.284. The van der Waals surface area contributed by atoms with Crippen LogP contribution in [0.5, 0.6) is 11.5 Å². The predicted molar refractivity (Wildman–Crippen MR) is 174 cm³/mol. The van der Waals surface area contributed by atoms with Crippen LogP contribution in [-0.2, 0) is 26.2 Å². The van der Waals surface area contributed by atoms with E-state index in [-0.39, 0.29) is 23.1 Å². The van der Waals surface area contributed by atoms with E-state index in [1.165, 1.54) is 37.3 Å². The van der Waals surface area contributed by atoms with Crippen molar-refractivity contribution < 1.29 is 27.5 Å². The van der Waals surface area contributed by atoms with Crippen molar-refractivity contribution in [1.29, 1.82) is 0 Å². The highest BCUT2D eigenvalue weighted by atomic mass is 32.2. The predicted octanol–water partition coefficient (Wildman–Crippen LogP) is 5.55. The molecule has 0 saturated carbocycles. The summed E-state index contributed by atoms with van der Waals surface area (Å²) in [5.74, 6) is -0.195. The molecule has 0 aliphatic heterocycles. The van der Waals surface area contributed by atoms with Crippen LogP contribution in [0.25, 0.3) is 0 Å². The van der Waals surface area contributed by atoms with Gasteiger partial charge in [0.25, 0.3) is 10.0 Å². The fourth-order valence-corrected chi connectivity index (χ4v) is 6.52. The number of methoxy groups -OCH3 is 2. The van der Waals surface area contributed by atoms with E-state index in [1.54, 1.807) is 12.1 Å². The molecule has 0 bridgehead atoms. The van der Waals surface area contributed by atoms with E-state index in [0.29, 0.717) is 17.9 Å². The van der Waals surface area contributed by atoms with E-state index in [2.05, 4.69) is 5.32 Å². The fourth-order valence-electron chi connectivity index (χ4n) is 5.11. The van der Waals surface area contributed by atoms with E-state index in [1.807, 2.05) is 78.8 Å². The Balaban J connectivity index is 2.15. The van der Waals surface area contributed by atoms with E-state index in [4.69, 9.17) is 9.47 Å². The van der Waals surface area contributed by atoms with Crippen LogP contribution in [0, 0.1) is 20.8 Å². The molecule has 2 amide bonds. The number of aryl methyl sites for hydroxylation is 3. The topological polar surface area (TPSA) is 105 Å². The lowest BCUT2D eigenvalue weighted by Crippen LogP contribution is -2.55. The normalized spacial score (nSPS) is 12.3. The standard InChI is InChI=1S/C34H45N3O6S/c1-10-29(33(39)35-34(5,6)7)36(21-26-13-11-12-23(2)17-26)32(38)22-37(27-18-24(3)16-25(4)19-27)44(40,41)28-14-15-30(42-8)31(20-28)43-9/h11-20,29H,10,21-22H2,1-9H3,(H,35,39)/t29-/m1/s1. The number of benzene rings is 3. The van der Waals surface area contributed by atoms with Crippen LogP contribution in [0.15, 0.2) is 65.6 Å². The fraction of sp³-hybridized carbons (Fsp3) is 0.412. The number of anilines is 1. The van der Waals surface area contributed by atoms with Gasteiger partial charge in [-0.15, -0.1) is 0 Å². The van der Waals surface area contributed by atoms with Crippen LogP contribution in [-0.4, -0.2) is 57.5 Å². The monoisotopic (exact) mass is 623 g/mol. The average Bonchev–Trinajstić information content (AvgIpc) is 2.93. The van der Waals surface area contributed by atoms with Gasteiger partial charge in [-0.25, -0.2) is 8.42 Å². The molecule has 3 aromatic carbocycles. The highest BCUT2D eigenvalue weighted by Gasteiger charge is 2.35. The SMILES string of the molecule is CC[C@H](C(=O)NC(C)(C)C)N(Cc1cccc(C)c1)C(=O)CN(c1cc(C)cc(C)c1)S(=O)(=O)c1ccc(OC)c(OC)c1. The van der Waals surface area contributed by atoms with Crippen molar-refractivity contribution in [2.45, 2.75) is 77.9 Å². The first kappa shape index (κ1) is 34.4. The molecular weight excluding hydrogens is 578 g/mol. The third-order valence-electron chi connectivity index (χ3n) is 7.04. The molecule has 0 fully saturated rings. The van der Waals surface area contributed by atoms with Crippen LogP contribution < -0.4 is 19.1 Å². The molecule has 0 unspecified atom stereocenters. The summed E-state index contributed by atoms with van der Waals surface area (Å²) >= 11 is 0. The van der Waals surface area contributed by atoms with Gasteiger partial charge in [0.15, 0.2) is 11.5 Å². The molecule has 238 valence electrons. The number of rotatable bonds is 12. The third kappa shape index (κ3) is 8.53. The summed E-state index contributed by atoms with van der Waals surface area (Å²) in [7, 11) is -1.39. The Hall–Kier alpha value is -4.05. The van der Waals surface area contributed by atoms with Crippen LogP contribution in [0.3, 0.4) is 0 Å². The van der Waals surface area contributed by atoms with E-state index >= 15 is 0 Å². The summed E-state index contributed by atoms with van der Waals surface area (Å²) in [6.07, 6.45) is 0.339. The van der Waals surface area contributed by atoms with E-state index in [0.717, 1.165) is 26.6 Å². The van der Waals surface area contributed by atoms with Crippen molar-refractivity contribution in [3.05, 3.63) is 82.9 Å². The number of hydrogen-bond donors (Lipinski definition) is 1. The van der Waals surface area contributed by atoms with Crippen LogP contribution >= 0.6 is 0 Å². The lowest BCUT2D eigenvalue weighted by atomic mass is 10.0. The summed E-state index contributed by atoms with van der Waals surface area (Å²) in [5.41, 5.74) is 3.34. The minimum atomic E-state index is -4.29. The second-order valence-corrected chi connectivity index (χ2v) is 13.9. The number of hydrogen-bond acceptors (Lipinski definition) is 6. The maximum Gasteiger partial charge on any atom is 0.264 e. The first-order chi connectivity index (χ1) is 20.6. The molecule has 0 spiro atoms. The molecule has 0 saturated heterocycles. The lowest BCUT2D eigenvalue weighted by Gasteiger charge is -2.35. The number of ether oxygens (including phenoxy) is 2. The molecule has 9 nitrogen and oxygen atoms in total. The van der Waals surface area contributed by atoms with Gasteiger partial charge in [-0.1, -0.05) is 42.8 Å². The zero-order valence-corrected chi connectivity index (χ0v) is 28.0.